The van der Waals surface area contributed by atoms with Crippen molar-refractivity contribution in [3.8, 4) is 0 Å². The Kier molecular flexibility index (Phi) is 14.6. The lowest BCUT2D eigenvalue weighted by atomic mass is 10.0. The van der Waals surface area contributed by atoms with Gasteiger partial charge in [-0.2, -0.15) is 0 Å². The minimum absolute atomic E-state index is 0.443. The van der Waals surface area contributed by atoms with Crippen molar-refractivity contribution < 1.29 is 0 Å². The van der Waals surface area contributed by atoms with Gasteiger partial charge < -0.3 is 5.73 Å². The van der Waals surface area contributed by atoms with E-state index in [0.717, 1.165) is 0 Å². The van der Waals surface area contributed by atoms with E-state index in [0.29, 0.717) is 6.04 Å². The lowest BCUT2D eigenvalue weighted by Gasteiger charge is -2.09. The molecule has 0 rings (SSSR count). The number of unbranched alkanes of at least 4 members (excludes halogenated alkanes) is 6. The molecule has 1 unspecified atom stereocenters. The Morgan fingerprint density at radius 2 is 1.58 bits per heavy atom. The van der Waals surface area contributed by atoms with E-state index in [1.807, 2.05) is 12.2 Å². The molecular formula is C18H33N. The number of hydrogen-bond acceptors (Lipinski definition) is 1. The van der Waals surface area contributed by atoms with Crippen molar-refractivity contribution in [3.05, 3.63) is 37.0 Å². The molecule has 0 radical (unpaired) electrons. The molecule has 2 N–H and O–H groups in total. The summed E-state index contributed by atoms with van der Waals surface area (Å²) in [6, 6.07) is 0.443. The topological polar surface area (TPSA) is 26.0 Å². The molecule has 0 aliphatic carbocycles. The summed E-state index contributed by atoms with van der Waals surface area (Å²) in [5.41, 5.74) is 6.00. The number of allylic oxidation sites excluding steroid dienone is 5. The second-order valence-corrected chi connectivity index (χ2v) is 5.30. The predicted octanol–water partition coefficient (Wildman–Crippen LogP) is 5.53. The van der Waals surface area contributed by atoms with Gasteiger partial charge in [0.2, 0.25) is 0 Å². The van der Waals surface area contributed by atoms with Crippen LogP contribution in [-0.2, 0) is 0 Å². The molecule has 0 aromatic heterocycles. The molecule has 0 aromatic rings. The third-order valence-electron chi connectivity index (χ3n) is 3.35. The summed E-state index contributed by atoms with van der Waals surface area (Å²) >= 11 is 0. The highest BCUT2D eigenvalue weighted by molar-refractivity contribution is 5.08. The van der Waals surface area contributed by atoms with E-state index in [-0.39, 0.29) is 0 Å². The molecule has 0 saturated heterocycles. The quantitative estimate of drug-likeness (QED) is 0.343. The molecule has 1 heteroatoms. The minimum Gasteiger partial charge on any atom is -0.328 e. The Balaban J connectivity index is 3.16. The first-order valence-electron chi connectivity index (χ1n) is 8.01. The first-order chi connectivity index (χ1) is 9.31. The van der Waals surface area contributed by atoms with Gasteiger partial charge in [-0.1, -0.05) is 82.4 Å². The fraction of sp³-hybridized carbons (Fsp3) is 0.667. The van der Waals surface area contributed by atoms with Crippen LogP contribution in [0.1, 0.15) is 71.1 Å². The van der Waals surface area contributed by atoms with Gasteiger partial charge in [-0.15, -0.1) is 0 Å². The van der Waals surface area contributed by atoms with Crippen LogP contribution in [0.15, 0.2) is 37.0 Å². The summed E-state index contributed by atoms with van der Waals surface area (Å²) in [6.45, 7) is 5.85. The molecule has 1 atom stereocenters. The normalized spacial score (nSPS) is 13.4. The Morgan fingerprint density at radius 3 is 2.26 bits per heavy atom. The predicted molar refractivity (Wildman–Crippen MR) is 88.3 cm³/mol. The second-order valence-electron chi connectivity index (χ2n) is 5.30. The third kappa shape index (κ3) is 15.1. The number of hydrogen-bond donors (Lipinski definition) is 1. The van der Waals surface area contributed by atoms with Crippen LogP contribution in [0.2, 0.25) is 0 Å². The number of nitrogens with two attached hydrogens (primary N) is 1. The van der Waals surface area contributed by atoms with Crippen LogP contribution < -0.4 is 5.73 Å². The van der Waals surface area contributed by atoms with E-state index in [4.69, 9.17) is 5.73 Å². The van der Waals surface area contributed by atoms with Gasteiger partial charge in [0.05, 0.1) is 0 Å². The average Bonchev–Trinajstić information content (AvgIpc) is 2.40. The van der Waals surface area contributed by atoms with E-state index in [9.17, 15) is 0 Å². The van der Waals surface area contributed by atoms with Crippen LogP contribution in [0.25, 0.3) is 0 Å². The molecule has 0 amide bonds. The Bertz CT molecular complexity index is 240. The highest BCUT2D eigenvalue weighted by atomic mass is 14.6. The molecule has 0 aromatic carbocycles. The Hall–Kier alpha value is -0.820. The van der Waals surface area contributed by atoms with E-state index in [2.05, 4.69) is 25.7 Å². The molecule has 0 aliphatic rings. The SMILES string of the molecule is C=C/C=C/C=CCCCCCCCCC(N)CCC. The van der Waals surface area contributed by atoms with E-state index >= 15 is 0 Å². The van der Waals surface area contributed by atoms with E-state index in [1.165, 1.54) is 64.2 Å². The van der Waals surface area contributed by atoms with Gasteiger partial charge in [0.15, 0.2) is 0 Å². The van der Waals surface area contributed by atoms with Gasteiger partial charge in [-0.3, -0.25) is 0 Å². The van der Waals surface area contributed by atoms with Crippen LogP contribution in [0.5, 0.6) is 0 Å². The first kappa shape index (κ1) is 18.2. The maximum atomic E-state index is 6.00. The maximum absolute atomic E-state index is 6.00. The molecule has 110 valence electrons. The second kappa shape index (κ2) is 15.2. The smallest absolute Gasteiger partial charge is 0.00387 e. The van der Waals surface area contributed by atoms with Crippen LogP contribution >= 0.6 is 0 Å². The minimum atomic E-state index is 0.443. The van der Waals surface area contributed by atoms with Crippen molar-refractivity contribution in [2.24, 2.45) is 5.73 Å². The van der Waals surface area contributed by atoms with Crippen molar-refractivity contribution in [2.75, 3.05) is 0 Å². The maximum Gasteiger partial charge on any atom is 0.00387 e. The molecule has 0 aliphatic heterocycles. The number of rotatable bonds is 13. The van der Waals surface area contributed by atoms with E-state index < -0.39 is 0 Å². The molecule has 0 bridgehead atoms. The molecule has 1 nitrogen and oxygen atoms in total. The van der Waals surface area contributed by atoms with Crippen molar-refractivity contribution in [2.45, 2.75) is 77.2 Å². The van der Waals surface area contributed by atoms with Crippen LogP contribution in [0, 0.1) is 0 Å². The summed E-state index contributed by atoms with van der Waals surface area (Å²) in [4.78, 5) is 0. The Labute approximate surface area is 120 Å². The molecule has 0 saturated carbocycles. The fourth-order valence-corrected chi connectivity index (χ4v) is 2.21. The van der Waals surface area contributed by atoms with Gasteiger partial charge >= 0.3 is 0 Å². The van der Waals surface area contributed by atoms with Crippen LogP contribution in [0.3, 0.4) is 0 Å². The zero-order chi connectivity index (χ0) is 14.2. The Morgan fingerprint density at radius 1 is 0.895 bits per heavy atom. The summed E-state index contributed by atoms with van der Waals surface area (Å²) in [5.74, 6) is 0. The van der Waals surface area contributed by atoms with Gasteiger partial charge in [-0.25, -0.2) is 0 Å². The van der Waals surface area contributed by atoms with Gasteiger partial charge in [0.1, 0.15) is 0 Å². The van der Waals surface area contributed by atoms with Crippen LogP contribution in [-0.4, -0.2) is 6.04 Å². The fourth-order valence-electron chi connectivity index (χ4n) is 2.21. The standard InChI is InChI=1S/C18H33N/c1-3-5-6-7-8-9-10-11-12-13-14-15-17-18(19)16-4-2/h3,5-8,18H,1,4,9-17,19H2,2H3/b6-5+,8-7?. The van der Waals surface area contributed by atoms with Crippen molar-refractivity contribution in [1.82, 2.24) is 0 Å². The van der Waals surface area contributed by atoms with Crippen LogP contribution in [0.4, 0.5) is 0 Å². The van der Waals surface area contributed by atoms with E-state index in [1.54, 1.807) is 6.08 Å². The van der Waals surface area contributed by atoms with Crippen molar-refractivity contribution >= 4 is 0 Å². The van der Waals surface area contributed by atoms with Gasteiger partial charge in [0.25, 0.3) is 0 Å². The summed E-state index contributed by atoms with van der Waals surface area (Å²) in [5, 5.41) is 0. The highest BCUT2D eigenvalue weighted by Crippen LogP contribution is 2.11. The molecular weight excluding hydrogens is 230 g/mol. The first-order valence-corrected chi connectivity index (χ1v) is 8.01. The van der Waals surface area contributed by atoms with Gasteiger partial charge in [0, 0.05) is 6.04 Å². The highest BCUT2D eigenvalue weighted by Gasteiger charge is 1.99. The zero-order valence-corrected chi connectivity index (χ0v) is 12.8. The van der Waals surface area contributed by atoms with Crippen molar-refractivity contribution in [1.29, 1.82) is 0 Å². The summed E-state index contributed by atoms with van der Waals surface area (Å²) in [6.07, 6.45) is 23.0. The summed E-state index contributed by atoms with van der Waals surface area (Å²) in [7, 11) is 0. The summed E-state index contributed by atoms with van der Waals surface area (Å²) < 4.78 is 0. The third-order valence-corrected chi connectivity index (χ3v) is 3.35. The molecule has 0 spiro atoms. The molecule has 0 heterocycles. The monoisotopic (exact) mass is 263 g/mol. The van der Waals surface area contributed by atoms with Gasteiger partial charge in [-0.05, 0) is 25.7 Å². The molecule has 19 heavy (non-hydrogen) atoms. The lowest BCUT2D eigenvalue weighted by Crippen LogP contribution is -2.18. The average molecular weight is 263 g/mol. The largest absolute Gasteiger partial charge is 0.328 e. The lowest BCUT2D eigenvalue weighted by molar-refractivity contribution is 0.507. The molecule has 0 fully saturated rings. The van der Waals surface area contributed by atoms with Crippen molar-refractivity contribution in [3.63, 3.8) is 0 Å². The zero-order valence-electron chi connectivity index (χ0n) is 12.8.